The van der Waals surface area contributed by atoms with Crippen LogP contribution in [0.3, 0.4) is 0 Å². The molecule has 3 amide bonds. The lowest BCUT2D eigenvalue weighted by Gasteiger charge is -2.32. The van der Waals surface area contributed by atoms with Gasteiger partial charge in [0, 0.05) is 60.7 Å². The molecule has 0 aliphatic carbocycles. The van der Waals surface area contributed by atoms with Crippen molar-refractivity contribution in [1.29, 1.82) is 0 Å². The quantitative estimate of drug-likeness (QED) is 0.279. The first kappa shape index (κ1) is 28.4. The second kappa shape index (κ2) is 13.0. The molecule has 1 aliphatic heterocycles. The Morgan fingerprint density at radius 1 is 1.05 bits per heavy atom. The van der Waals surface area contributed by atoms with Crippen molar-refractivity contribution >= 4 is 51.9 Å². The van der Waals surface area contributed by atoms with Crippen molar-refractivity contribution in [2.45, 2.75) is 31.4 Å². The molecule has 41 heavy (non-hydrogen) atoms. The number of nitrogens with one attached hydrogen (secondary N) is 2. The highest BCUT2D eigenvalue weighted by molar-refractivity contribution is 6.31. The Balaban J connectivity index is 1.17. The van der Waals surface area contributed by atoms with E-state index in [1.54, 1.807) is 71.8 Å². The first-order valence-corrected chi connectivity index (χ1v) is 13.8. The molecule has 0 spiro atoms. The highest BCUT2D eigenvalue weighted by Gasteiger charge is 2.27. The molecule has 1 atom stereocenters. The van der Waals surface area contributed by atoms with Crippen molar-refractivity contribution in [2.75, 3.05) is 19.6 Å². The molecule has 212 valence electrons. The number of rotatable bonds is 9. The van der Waals surface area contributed by atoms with Crippen LogP contribution in [-0.2, 0) is 16.0 Å². The van der Waals surface area contributed by atoms with E-state index in [1.807, 2.05) is 0 Å². The third kappa shape index (κ3) is 7.53. The van der Waals surface area contributed by atoms with Gasteiger partial charge in [0.1, 0.15) is 22.9 Å². The van der Waals surface area contributed by atoms with Crippen molar-refractivity contribution in [2.24, 2.45) is 0 Å². The Morgan fingerprint density at radius 2 is 1.88 bits per heavy atom. The van der Waals surface area contributed by atoms with Crippen LogP contribution in [0.4, 0.5) is 0 Å². The Kier molecular flexibility index (Phi) is 9.01. The minimum Gasteiger partial charge on any atom is -0.474 e. The van der Waals surface area contributed by atoms with E-state index in [0.717, 1.165) is 0 Å². The van der Waals surface area contributed by atoms with Crippen molar-refractivity contribution in [3.05, 3.63) is 88.5 Å². The fraction of sp³-hybridized carbons (Fsp3) is 0.276. The SMILES string of the molecule is O=C(N[C@@H](Cc1ccccn1)C(=O)NCC(=O)N1CCC(Oc2cccc(Cl)n2)CC1)c1cc2cc(Cl)ccc2o1. The highest BCUT2D eigenvalue weighted by atomic mass is 35.5. The van der Waals surface area contributed by atoms with Crippen LogP contribution < -0.4 is 15.4 Å². The molecule has 0 radical (unpaired) electrons. The Morgan fingerprint density at radius 3 is 2.63 bits per heavy atom. The number of benzene rings is 1. The summed E-state index contributed by atoms with van der Waals surface area (Å²) in [4.78, 5) is 49.2. The number of hydrogen-bond acceptors (Lipinski definition) is 7. The predicted molar refractivity (Wildman–Crippen MR) is 153 cm³/mol. The van der Waals surface area contributed by atoms with E-state index in [9.17, 15) is 14.4 Å². The number of amides is 3. The van der Waals surface area contributed by atoms with E-state index < -0.39 is 17.9 Å². The summed E-state index contributed by atoms with van der Waals surface area (Å²) >= 11 is 12.0. The predicted octanol–water partition coefficient (Wildman–Crippen LogP) is 4.06. The zero-order chi connectivity index (χ0) is 28.8. The number of hydrogen-bond donors (Lipinski definition) is 2. The fourth-order valence-corrected chi connectivity index (χ4v) is 4.88. The fourth-order valence-electron chi connectivity index (χ4n) is 4.54. The number of furan rings is 1. The van der Waals surface area contributed by atoms with Gasteiger partial charge in [-0.05, 0) is 42.5 Å². The first-order valence-electron chi connectivity index (χ1n) is 13.1. The Hall–Kier alpha value is -4.15. The summed E-state index contributed by atoms with van der Waals surface area (Å²) in [7, 11) is 0. The van der Waals surface area contributed by atoms with Gasteiger partial charge in [0.15, 0.2) is 5.76 Å². The van der Waals surface area contributed by atoms with E-state index in [1.165, 1.54) is 0 Å². The number of aromatic nitrogens is 2. The van der Waals surface area contributed by atoms with E-state index in [-0.39, 0.29) is 30.7 Å². The summed E-state index contributed by atoms with van der Waals surface area (Å²) in [5, 5.41) is 6.92. The van der Waals surface area contributed by atoms with Gasteiger partial charge in [0.25, 0.3) is 5.91 Å². The number of nitrogens with zero attached hydrogens (tertiary/aromatic N) is 3. The maximum atomic E-state index is 13.2. The smallest absolute Gasteiger partial charge is 0.287 e. The van der Waals surface area contributed by atoms with Crippen molar-refractivity contribution in [3.63, 3.8) is 0 Å². The van der Waals surface area contributed by atoms with Gasteiger partial charge in [-0.2, -0.15) is 0 Å². The van der Waals surface area contributed by atoms with Crippen LogP contribution in [0.5, 0.6) is 5.88 Å². The molecule has 0 unspecified atom stereocenters. The summed E-state index contributed by atoms with van der Waals surface area (Å²) in [6, 6.07) is 16.1. The zero-order valence-electron chi connectivity index (χ0n) is 21.9. The van der Waals surface area contributed by atoms with Crippen LogP contribution >= 0.6 is 23.2 Å². The van der Waals surface area contributed by atoms with Crippen LogP contribution in [0, 0.1) is 0 Å². The summed E-state index contributed by atoms with van der Waals surface area (Å²) in [6.07, 6.45) is 2.88. The van der Waals surface area contributed by atoms with Crippen LogP contribution in [-0.4, -0.2) is 64.4 Å². The molecule has 3 aromatic heterocycles. The Labute approximate surface area is 246 Å². The van der Waals surface area contributed by atoms with Gasteiger partial charge in [0.2, 0.25) is 17.7 Å². The average Bonchev–Trinajstić information content (AvgIpc) is 3.40. The molecular weight excluding hydrogens is 569 g/mol. The Bertz CT molecular complexity index is 1540. The lowest BCUT2D eigenvalue weighted by atomic mass is 10.1. The molecule has 12 heteroatoms. The van der Waals surface area contributed by atoms with Crippen LogP contribution in [0.25, 0.3) is 11.0 Å². The molecule has 10 nitrogen and oxygen atoms in total. The summed E-state index contributed by atoms with van der Waals surface area (Å²) in [6.45, 7) is 0.742. The molecule has 4 heterocycles. The topological polar surface area (TPSA) is 127 Å². The number of carbonyl (C=O) groups excluding carboxylic acids is 3. The lowest BCUT2D eigenvalue weighted by Crippen LogP contribution is -2.51. The normalized spacial score (nSPS) is 14.4. The van der Waals surface area contributed by atoms with Crippen LogP contribution in [0.15, 0.2) is 71.3 Å². The molecular formula is C29H27Cl2N5O5. The van der Waals surface area contributed by atoms with Gasteiger partial charge in [-0.1, -0.05) is 35.3 Å². The molecule has 1 saturated heterocycles. The number of carbonyl (C=O) groups is 3. The number of likely N-dealkylation sites (tertiary alicyclic amines) is 1. The van der Waals surface area contributed by atoms with Crippen LogP contribution in [0.1, 0.15) is 29.1 Å². The van der Waals surface area contributed by atoms with E-state index in [0.29, 0.717) is 58.7 Å². The van der Waals surface area contributed by atoms with Crippen molar-refractivity contribution in [3.8, 4) is 5.88 Å². The second-order valence-electron chi connectivity index (χ2n) is 9.56. The lowest BCUT2D eigenvalue weighted by molar-refractivity contribution is -0.134. The van der Waals surface area contributed by atoms with Gasteiger partial charge in [-0.25, -0.2) is 4.98 Å². The van der Waals surface area contributed by atoms with Gasteiger partial charge in [-0.3, -0.25) is 19.4 Å². The molecule has 1 aromatic carbocycles. The molecule has 1 fully saturated rings. The number of halogens is 2. The van der Waals surface area contributed by atoms with E-state index in [2.05, 4.69) is 20.6 Å². The van der Waals surface area contributed by atoms with Crippen LogP contribution in [0.2, 0.25) is 10.2 Å². The maximum absolute atomic E-state index is 13.2. The average molecular weight is 596 g/mol. The molecule has 1 aliphatic rings. The van der Waals surface area contributed by atoms with Gasteiger partial charge >= 0.3 is 0 Å². The van der Waals surface area contributed by atoms with Gasteiger partial charge in [0.05, 0.1) is 6.54 Å². The number of piperidine rings is 1. The van der Waals surface area contributed by atoms with E-state index in [4.69, 9.17) is 32.4 Å². The largest absolute Gasteiger partial charge is 0.474 e. The summed E-state index contributed by atoms with van der Waals surface area (Å²) in [5.74, 6) is -0.829. The number of ether oxygens (including phenoxy) is 1. The molecule has 2 N–H and O–H groups in total. The summed E-state index contributed by atoms with van der Waals surface area (Å²) in [5.41, 5.74) is 1.10. The van der Waals surface area contributed by atoms with Crippen molar-refractivity contribution in [1.82, 2.24) is 25.5 Å². The van der Waals surface area contributed by atoms with Gasteiger partial charge < -0.3 is 24.7 Å². The van der Waals surface area contributed by atoms with E-state index >= 15 is 0 Å². The third-order valence-corrected chi connectivity index (χ3v) is 7.09. The highest BCUT2D eigenvalue weighted by Crippen LogP contribution is 2.23. The third-order valence-electron chi connectivity index (χ3n) is 6.65. The molecule has 0 saturated carbocycles. The van der Waals surface area contributed by atoms with Gasteiger partial charge in [-0.15, -0.1) is 0 Å². The maximum Gasteiger partial charge on any atom is 0.287 e. The summed E-state index contributed by atoms with van der Waals surface area (Å²) < 4.78 is 11.5. The molecule has 0 bridgehead atoms. The van der Waals surface area contributed by atoms with Crippen molar-refractivity contribution < 1.29 is 23.5 Å². The standard InChI is InChI=1S/C29H27Cl2N5O5/c30-19-7-8-23-18(14-19)15-24(41-23)29(39)34-22(16-20-4-1-2-11-32-20)28(38)33-17-27(37)36-12-9-21(10-13-36)40-26-6-3-5-25(31)35-26/h1-8,11,14-15,21-22H,9-10,12-13,16-17H2,(H,33,38)(H,34,39)/t22-/m0/s1. The molecule has 5 rings (SSSR count). The monoisotopic (exact) mass is 595 g/mol. The first-order chi connectivity index (χ1) is 19.8. The number of pyridine rings is 2. The minimum atomic E-state index is -0.994. The zero-order valence-corrected chi connectivity index (χ0v) is 23.4. The minimum absolute atomic E-state index is 0.0372. The second-order valence-corrected chi connectivity index (χ2v) is 10.4. The number of fused-ring (bicyclic) bond motifs is 1. The molecule has 4 aromatic rings.